The summed E-state index contributed by atoms with van der Waals surface area (Å²) in [7, 11) is 3.36. The monoisotopic (exact) mass is 363 g/mol. The molecule has 0 atom stereocenters. The third-order valence-electron chi connectivity index (χ3n) is 4.36. The van der Waals surface area contributed by atoms with Gasteiger partial charge < -0.3 is 10.1 Å². The van der Waals surface area contributed by atoms with Crippen LogP contribution in [0, 0.1) is 6.92 Å². The third kappa shape index (κ3) is 3.69. The molecule has 1 aromatic heterocycles. The van der Waals surface area contributed by atoms with E-state index in [0.717, 1.165) is 11.3 Å². The highest BCUT2D eigenvalue weighted by molar-refractivity contribution is 6.02. The summed E-state index contributed by atoms with van der Waals surface area (Å²) in [6, 6.07) is 16.7. The van der Waals surface area contributed by atoms with E-state index in [-0.39, 0.29) is 17.2 Å². The van der Waals surface area contributed by atoms with Gasteiger partial charge in [0.1, 0.15) is 11.4 Å². The minimum absolute atomic E-state index is 0.260. The number of ether oxygens (including phenoxy) is 1. The van der Waals surface area contributed by atoms with Crippen LogP contribution in [0.2, 0.25) is 0 Å². The second-order valence-electron chi connectivity index (χ2n) is 6.00. The number of hydrogen-bond donors (Lipinski definition) is 1. The fraction of sp³-hybridized carbons (Fsp3) is 0.143. The summed E-state index contributed by atoms with van der Waals surface area (Å²) >= 11 is 0. The fourth-order valence-corrected chi connectivity index (χ4v) is 2.85. The van der Waals surface area contributed by atoms with Crippen LogP contribution in [0.3, 0.4) is 0 Å². The standard InChI is InChI=1S/C21H21N3O3/c1-15-20(21(26)24(23(15)2)17-10-5-4-6-11-17)22-19(25)14-13-16-9-7-8-12-18(16)27-3/h4-14H,1-3H3,(H,22,25). The summed E-state index contributed by atoms with van der Waals surface area (Å²) in [5.74, 6) is 0.288. The predicted octanol–water partition coefficient (Wildman–Crippen LogP) is 3.14. The van der Waals surface area contributed by atoms with Gasteiger partial charge in [-0.15, -0.1) is 0 Å². The summed E-state index contributed by atoms with van der Waals surface area (Å²) in [6.45, 7) is 1.79. The van der Waals surface area contributed by atoms with Gasteiger partial charge in [0.2, 0.25) is 5.91 Å². The number of benzene rings is 2. The summed E-state index contributed by atoms with van der Waals surface area (Å²) in [5, 5.41) is 2.70. The van der Waals surface area contributed by atoms with Gasteiger partial charge in [-0.05, 0) is 31.2 Å². The van der Waals surface area contributed by atoms with E-state index in [2.05, 4.69) is 5.32 Å². The molecule has 2 aromatic carbocycles. The molecule has 1 amide bonds. The summed E-state index contributed by atoms with van der Waals surface area (Å²) in [4.78, 5) is 25.2. The van der Waals surface area contributed by atoms with Crippen LogP contribution in [0.15, 0.2) is 65.5 Å². The van der Waals surface area contributed by atoms with Crippen molar-refractivity contribution in [2.24, 2.45) is 7.05 Å². The van der Waals surface area contributed by atoms with Crippen LogP contribution in [0.1, 0.15) is 11.3 Å². The zero-order valence-electron chi connectivity index (χ0n) is 15.5. The van der Waals surface area contributed by atoms with Crippen LogP contribution in [0.5, 0.6) is 5.75 Å². The average Bonchev–Trinajstić information content (AvgIpc) is 2.90. The topological polar surface area (TPSA) is 65.3 Å². The molecule has 27 heavy (non-hydrogen) atoms. The number of carbonyl (C=O) groups is 1. The minimum atomic E-state index is -0.382. The zero-order valence-corrected chi connectivity index (χ0v) is 15.5. The lowest BCUT2D eigenvalue weighted by Crippen LogP contribution is -2.22. The first-order chi connectivity index (χ1) is 13.0. The Labute approximate surface area is 157 Å². The SMILES string of the molecule is COc1ccccc1C=CC(=O)Nc1c(C)n(C)n(-c2ccccc2)c1=O. The highest BCUT2D eigenvalue weighted by atomic mass is 16.5. The molecule has 0 aliphatic rings. The van der Waals surface area contributed by atoms with Gasteiger partial charge >= 0.3 is 0 Å². The molecule has 0 fully saturated rings. The lowest BCUT2D eigenvalue weighted by atomic mass is 10.2. The average molecular weight is 363 g/mol. The van der Waals surface area contributed by atoms with Gasteiger partial charge in [0.05, 0.1) is 18.5 Å². The molecular formula is C21H21N3O3. The van der Waals surface area contributed by atoms with Gasteiger partial charge in [-0.3, -0.25) is 14.3 Å². The lowest BCUT2D eigenvalue weighted by molar-refractivity contribution is -0.111. The predicted molar refractivity (Wildman–Crippen MR) is 106 cm³/mol. The van der Waals surface area contributed by atoms with Crippen LogP contribution in [-0.2, 0) is 11.8 Å². The Balaban J connectivity index is 1.87. The molecule has 1 N–H and O–H groups in total. The molecule has 0 spiro atoms. The number of hydrogen-bond acceptors (Lipinski definition) is 3. The third-order valence-corrected chi connectivity index (χ3v) is 4.36. The maximum absolute atomic E-state index is 12.8. The number of anilines is 1. The van der Waals surface area contributed by atoms with Crippen molar-refractivity contribution >= 4 is 17.7 Å². The van der Waals surface area contributed by atoms with Crippen molar-refractivity contribution in [2.45, 2.75) is 6.92 Å². The molecule has 3 aromatic rings. The van der Waals surface area contributed by atoms with E-state index in [1.165, 1.54) is 10.8 Å². The Morgan fingerprint density at radius 3 is 2.44 bits per heavy atom. The maximum Gasteiger partial charge on any atom is 0.295 e. The molecule has 1 heterocycles. The number of amides is 1. The van der Waals surface area contributed by atoms with Crippen LogP contribution in [0.25, 0.3) is 11.8 Å². The van der Waals surface area contributed by atoms with Gasteiger partial charge in [-0.1, -0.05) is 36.4 Å². The number of aromatic nitrogens is 2. The maximum atomic E-state index is 12.8. The summed E-state index contributed by atoms with van der Waals surface area (Å²) < 4.78 is 8.50. The van der Waals surface area contributed by atoms with Gasteiger partial charge in [0, 0.05) is 18.7 Å². The molecule has 0 unspecified atom stereocenters. The Morgan fingerprint density at radius 1 is 1.07 bits per heavy atom. The number of nitrogens with zero attached hydrogens (tertiary/aromatic N) is 2. The van der Waals surface area contributed by atoms with Crippen molar-refractivity contribution in [3.8, 4) is 11.4 Å². The number of para-hydroxylation sites is 2. The van der Waals surface area contributed by atoms with Gasteiger partial charge in [0.25, 0.3) is 5.56 Å². The van der Waals surface area contributed by atoms with Crippen molar-refractivity contribution in [3.05, 3.63) is 82.3 Å². The van der Waals surface area contributed by atoms with Gasteiger partial charge in [0.15, 0.2) is 0 Å². The fourth-order valence-electron chi connectivity index (χ4n) is 2.85. The first kappa shape index (κ1) is 18.3. The molecule has 0 radical (unpaired) electrons. The van der Waals surface area contributed by atoms with E-state index in [1.807, 2.05) is 54.6 Å². The Bertz CT molecular complexity index is 1050. The van der Waals surface area contributed by atoms with E-state index in [1.54, 1.807) is 31.8 Å². The second-order valence-corrected chi connectivity index (χ2v) is 6.00. The lowest BCUT2D eigenvalue weighted by Gasteiger charge is -2.07. The minimum Gasteiger partial charge on any atom is -0.496 e. The number of methoxy groups -OCH3 is 1. The molecule has 0 saturated heterocycles. The Morgan fingerprint density at radius 2 is 1.74 bits per heavy atom. The molecule has 3 rings (SSSR count). The molecule has 0 aliphatic carbocycles. The van der Waals surface area contributed by atoms with Crippen LogP contribution in [-0.4, -0.2) is 22.4 Å². The van der Waals surface area contributed by atoms with Crippen molar-refractivity contribution in [3.63, 3.8) is 0 Å². The highest BCUT2D eigenvalue weighted by Gasteiger charge is 2.17. The largest absolute Gasteiger partial charge is 0.496 e. The van der Waals surface area contributed by atoms with Crippen molar-refractivity contribution in [1.82, 2.24) is 9.36 Å². The quantitative estimate of drug-likeness (QED) is 0.708. The van der Waals surface area contributed by atoms with Crippen LogP contribution in [0.4, 0.5) is 5.69 Å². The van der Waals surface area contributed by atoms with E-state index in [9.17, 15) is 9.59 Å². The zero-order chi connectivity index (χ0) is 19.4. The van der Waals surface area contributed by atoms with Crippen LogP contribution >= 0.6 is 0 Å². The highest BCUT2D eigenvalue weighted by Crippen LogP contribution is 2.19. The molecule has 6 nitrogen and oxygen atoms in total. The Hall–Kier alpha value is -3.54. The van der Waals surface area contributed by atoms with Crippen LogP contribution < -0.4 is 15.6 Å². The normalized spacial score (nSPS) is 10.9. The van der Waals surface area contributed by atoms with E-state index >= 15 is 0 Å². The number of rotatable bonds is 5. The first-order valence-electron chi connectivity index (χ1n) is 8.49. The Kier molecular flexibility index (Phi) is 5.26. The van der Waals surface area contributed by atoms with E-state index < -0.39 is 0 Å². The summed E-state index contributed by atoms with van der Waals surface area (Å²) in [6.07, 6.45) is 3.04. The molecule has 0 aliphatic heterocycles. The van der Waals surface area contributed by atoms with Crippen molar-refractivity contribution < 1.29 is 9.53 Å². The smallest absolute Gasteiger partial charge is 0.295 e. The molecule has 138 valence electrons. The number of nitrogens with one attached hydrogen (secondary N) is 1. The van der Waals surface area contributed by atoms with Crippen molar-refractivity contribution in [1.29, 1.82) is 0 Å². The van der Waals surface area contributed by atoms with E-state index in [0.29, 0.717) is 11.4 Å². The van der Waals surface area contributed by atoms with Gasteiger partial charge in [-0.2, -0.15) is 0 Å². The second kappa shape index (κ2) is 7.78. The molecular weight excluding hydrogens is 342 g/mol. The molecule has 0 saturated carbocycles. The molecule has 0 bridgehead atoms. The summed E-state index contributed by atoms with van der Waals surface area (Å²) in [5.41, 5.74) is 2.17. The number of carbonyl (C=O) groups excluding carboxylic acids is 1. The molecule has 6 heteroatoms. The van der Waals surface area contributed by atoms with Gasteiger partial charge in [-0.25, -0.2) is 4.68 Å². The first-order valence-corrected chi connectivity index (χ1v) is 8.49. The van der Waals surface area contributed by atoms with E-state index in [4.69, 9.17) is 4.74 Å². The van der Waals surface area contributed by atoms with Crippen molar-refractivity contribution in [2.75, 3.05) is 12.4 Å².